The topological polar surface area (TPSA) is 57.5 Å². The van der Waals surface area contributed by atoms with Crippen molar-refractivity contribution in [3.8, 4) is 5.75 Å². The van der Waals surface area contributed by atoms with Crippen molar-refractivity contribution in [2.24, 2.45) is 0 Å². The van der Waals surface area contributed by atoms with Gasteiger partial charge < -0.3 is 9.47 Å². The highest BCUT2D eigenvalue weighted by Crippen LogP contribution is 2.14. The Morgan fingerprint density at radius 1 is 1.18 bits per heavy atom. The van der Waals surface area contributed by atoms with Crippen LogP contribution in [-0.4, -0.2) is 17.6 Å². The maximum atomic E-state index is 12.3. The van der Waals surface area contributed by atoms with Crippen molar-refractivity contribution in [3.63, 3.8) is 0 Å². The number of carbonyl (C=O) groups is 1. The van der Waals surface area contributed by atoms with Gasteiger partial charge in [-0.15, -0.1) is 0 Å². The summed E-state index contributed by atoms with van der Waals surface area (Å²) >= 11 is 0. The van der Waals surface area contributed by atoms with Crippen molar-refractivity contribution in [3.05, 3.63) is 64.6 Å². The number of methoxy groups -OCH3 is 1. The molecule has 0 saturated carbocycles. The second kappa shape index (κ2) is 7.45. The van der Waals surface area contributed by atoms with Crippen LogP contribution in [0.4, 0.5) is 0 Å². The number of ether oxygens (including phenoxy) is 2. The van der Waals surface area contributed by atoms with E-state index in [4.69, 9.17) is 9.47 Å². The Morgan fingerprint density at radius 3 is 2.55 bits per heavy atom. The van der Waals surface area contributed by atoms with Crippen LogP contribution >= 0.6 is 0 Å². The van der Waals surface area contributed by atoms with Crippen LogP contribution in [0.5, 0.6) is 5.75 Å². The molecule has 0 radical (unpaired) electrons. The van der Waals surface area contributed by atoms with Gasteiger partial charge in [-0.1, -0.05) is 37.3 Å². The molecule has 0 aliphatic carbocycles. The summed E-state index contributed by atoms with van der Waals surface area (Å²) in [5.74, 6) is -0.224. The molecule has 0 amide bonds. The SMILES string of the molecule is CCC(C(=O)OCc1ccccc1)n1cccc(OC)c1=O. The van der Waals surface area contributed by atoms with Gasteiger partial charge in [0.1, 0.15) is 12.6 Å². The highest BCUT2D eigenvalue weighted by Gasteiger charge is 2.22. The van der Waals surface area contributed by atoms with Gasteiger partial charge >= 0.3 is 5.97 Å². The lowest BCUT2D eigenvalue weighted by atomic mass is 10.2. The van der Waals surface area contributed by atoms with E-state index < -0.39 is 12.0 Å². The fourth-order valence-electron chi connectivity index (χ4n) is 2.19. The fraction of sp³-hybridized carbons (Fsp3) is 0.294. The van der Waals surface area contributed by atoms with Crippen molar-refractivity contribution in [1.29, 1.82) is 0 Å². The summed E-state index contributed by atoms with van der Waals surface area (Å²) in [6.45, 7) is 2.02. The first-order valence-electron chi connectivity index (χ1n) is 7.13. The molecule has 0 saturated heterocycles. The Morgan fingerprint density at radius 2 is 1.91 bits per heavy atom. The summed E-state index contributed by atoms with van der Waals surface area (Å²) < 4.78 is 11.7. The predicted octanol–water partition coefficient (Wildman–Crippen LogP) is 2.55. The van der Waals surface area contributed by atoms with E-state index in [1.807, 2.05) is 37.3 Å². The van der Waals surface area contributed by atoms with Crippen molar-refractivity contribution in [2.75, 3.05) is 7.11 Å². The molecule has 0 aliphatic rings. The first-order chi connectivity index (χ1) is 10.7. The summed E-state index contributed by atoms with van der Waals surface area (Å²) in [6, 6.07) is 12.0. The van der Waals surface area contributed by atoms with E-state index in [0.29, 0.717) is 6.42 Å². The third kappa shape index (κ3) is 3.55. The lowest BCUT2D eigenvalue weighted by molar-refractivity contribution is -0.149. The van der Waals surface area contributed by atoms with E-state index in [-0.39, 0.29) is 17.9 Å². The van der Waals surface area contributed by atoms with Gasteiger partial charge in [-0.25, -0.2) is 4.79 Å². The van der Waals surface area contributed by atoms with E-state index in [9.17, 15) is 9.59 Å². The molecular formula is C17H19NO4. The molecule has 22 heavy (non-hydrogen) atoms. The maximum Gasteiger partial charge on any atom is 0.329 e. The van der Waals surface area contributed by atoms with Crippen LogP contribution in [0.25, 0.3) is 0 Å². The maximum absolute atomic E-state index is 12.3. The van der Waals surface area contributed by atoms with Crippen LogP contribution in [0, 0.1) is 0 Å². The molecule has 1 atom stereocenters. The second-order valence-electron chi connectivity index (χ2n) is 4.81. The van der Waals surface area contributed by atoms with E-state index >= 15 is 0 Å². The summed E-state index contributed by atoms with van der Waals surface area (Å²) in [7, 11) is 1.43. The van der Waals surface area contributed by atoms with Crippen LogP contribution < -0.4 is 10.3 Å². The molecule has 0 N–H and O–H groups in total. The minimum absolute atomic E-state index is 0.189. The first kappa shape index (κ1) is 15.8. The number of benzene rings is 1. The lowest BCUT2D eigenvalue weighted by Crippen LogP contribution is -2.30. The molecule has 1 aromatic carbocycles. The van der Waals surface area contributed by atoms with Gasteiger partial charge in [0.2, 0.25) is 0 Å². The van der Waals surface area contributed by atoms with Gasteiger partial charge in [-0.05, 0) is 24.1 Å². The number of aromatic nitrogens is 1. The fourth-order valence-corrected chi connectivity index (χ4v) is 2.19. The molecule has 5 nitrogen and oxygen atoms in total. The average molecular weight is 301 g/mol. The van der Waals surface area contributed by atoms with Crippen LogP contribution in [0.1, 0.15) is 24.9 Å². The van der Waals surface area contributed by atoms with Crippen molar-refractivity contribution in [1.82, 2.24) is 4.57 Å². The number of pyridine rings is 1. The summed E-state index contributed by atoms with van der Waals surface area (Å²) in [5, 5.41) is 0. The monoisotopic (exact) mass is 301 g/mol. The zero-order valence-corrected chi connectivity index (χ0v) is 12.7. The summed E-state index contributed by atoms with van der Waals surface area (Å²) in [6.07, 6.45) is 2.03. The largest absolute Gasteiger partial charge is 0.491 e. The van der Waals surface area contributed by atoms with Gasteiger partial charge in [0.25, 0.3) is 5.56 Å². The number of carbonyl (C=O) groups excluding carboxylic acids is 1. The van der Waals surface area contributed by atoms with Gasteiger partial charge in [0, 0.05) is 6.20 Å². The van der Waals surface area contributed by atoms with Gasteiger partial charge in [-0.2, -0.15) is 0 Å². The molecule has 1 aromatic heterocycles. The van der Waals surface area contributed by atoms with Gasteiger partial charge in [0.15, 0.2) is 5.75 Å². The van der Waals surface area contributed by atoms with Crippen molar-refractivity contribution < 1.29 is 14.3 Å². The summed E-state index contributed by atoms with van der Waals surface area (Å²) in [5.41, 5.74) is 0.567. The Labute approximate surface area is 129 Å². The van der Waals surface area contributed by atoms with Crippen molar-refractivity contribution >= 4 is 5.97 Å². The third-order valence-electron chi connectivity index (χ3n) is 3.38. The molecule has 116 valence electrons. The molecule has 0 spiro atoms. The Hall–Kier alpha value is -2.56. The van der Waals surface area contributed by atoms with E-state index in [1.54, 1.807) is 18.3 Å². The molecule has 0 bridgehead atoms. The lowest BCUT2D eigenvalue weighted by Gasteiger charge is -2.17. The third-order valence-corrected chi connectivity index (χ3v) is 3.38. The normalized spacial score (nSPS) is 11.7. The second-order valence-corrected chi connectivity index (χ2v) is 4.81. The molecule has 1 heterocycles. The number of esters is 1. The molecule has 1 unspecified atom stereocenters. The predicted molar refractivity (Wildman–Crippen MR) is 82.8 cm³/mol. The van der Waals surface area contributed by atoms with E-state index in [2.05, 4.69) is 0 Å². The molecule has 0 fully saturated rings. The van der Waals surface area contributed by atoms with E-state index in [1.165, 1.54) is 11.7 Å². The molecular weight excluding hydrogens is 282 g/mol. The highest BCUT2D eigenvalue weighted by molar-refractivity contribution is 5.74. The van der Waals surface area contributed by atoms with Crippen LogP contribution in [-0.2, 0) is 16.1 Å². The Balaban J connectivity index is 2.14. The van der Waals surface area contributed by atoms with Crippen LogP contribution in [0.2, 0.25) is 0 Å². The average Bonchev–Trinajstić information content (AvgIpc) is 2.56. The van der Waals surface area contributed by atoms with Crippen LogP contribution in [0.3, 0.4) is 0 Å². The summed E-state index contributed by atoms with van der Waals surface area (Å²) in [4.78, 5) is 24.5. The number of hydrogen-bond acceptors (Lipinski definition) is 4. The first-order valence-corrected chi connectivity index (χ1v) is 7.13. The number of rotatable bonds is 6. The van der Waals surface area contributed by atoms with E-state index in [0.717, 1.165) is 5.56 Å². The number of nitrogens with zero attached hydrogens (tertiary/aromatic N) is 1. The Kier molecular flexibility index (Phi) is 5.36. The van der Waals surface area contributed by atoms with Crippen LogP contribution in [0.15, 0.2) is 53.5 Å². The minimum Gasteiger partial charge on any atom is -0.491 e. The van der Waals surface area contributed by atoms with Gasteiger partial charge in [0.05, 0.1) is 7.11 Å². The molecule has 5 heteroatoms. The van der Waals surface area contributed by atoms with Crippen molar-refractivity contribution in [2.45, 2.75) is 26.0 Å². The number of hydrogen-bond donors (Lipinski definition) is 0. The smallest absolute Gasteiger partial charge is 0.329 e. The zero-order chi connectivity index (χ0) is 15.9. The standard InChI is InChI=1S/C17H19NO4/c1-3-14(18-11-7-10-15(21-2)16(18)19)17(20)22-12-13-8-5-4-6-9-13/h4-11,14H,3,12H2,1-2H3. The molecule has 2 rings (SSSR count). The molecule has 2 aromatic rings. The molecule has 0 aliphatic heterocycles. The van der Waals surface area contributed by atoms with Gasteiger partial charge in [-0.3, -0.25) is 9.36 Å². The minimum atomic E-state index is -0.661. The Bertz CT molecular complexity index is 679. The quantitative estimate of drug-likeness (QED) is 0.769. The zero-order valence-electron chi connectivity index (χ0n) is 12.7. The highest BCUT2D eigenvalue weighted by atomic mass is 16.5.